The van der Waals surface area contributed by atoms with Crippen LogP contribution < -0.4 is 15.6 Å². The van der Waals surface area contributed by atoms with Crippen molar-refractivity contribution in [2.24, 2.45) is 0 Å². The number of anilines is 2. The first-order valence-electron chi connectivity index (χ1n) is 7.24. The Morgan fingerprint density at radius 1 is 1.36 bits per heavy atom. The molecule has 2 rings (SSSR count). The summed E-state index contributed by atoms with van der Waals surface area (Å²) in [4.78, 5) is 19.0. The van der Waals surface area contributed by atoms with E-state index in [-0.39, 0.29) is 18.3 Å². The number of aromatic amines is 1. The summed E-state index contributed by atoms with van der Waals surface area (Å²) in [7, 11) is 0. The number of aryl methyl sites for hydroxylation is 1. The molecule has 22 heavy (non-hydrogen) atoms. The highest BCUT2D eigenvalue weighted by molar-refractivity contribution is 5.62. The molecule has 0 atom stereocenters. The van der Waals surface area contributed by atoms with E-state index in [1.54, 1.807) is 6.92 Å². The van der Waals surface area contributed by atoms with E-state index >= 15 is 0 Å². The summed E-state index contributed by atoms with van der Waals surface area (Å²) in [5, 5.41) is 12.1. The monoisotopic (exact) mass is 303 g/mol. The van der Waals surface area contributed by atoms with Crippen LogP contribution in [0.25, 0.3) is 0 Å². The highest BCUT2D eigenvalue weighted by Gasteiger charge is 2.10. The lowest BCUT2D eigenvalue weighted by molar-refractivity contribution is 0.244. The largest absolute Gasteiger partial charge is 0.489 e. The average Bonchev–Trinajstić information content (AvgIpc) is 2.44. The summed E-state index contributed by atoms with van der Waals surface area (Å²) in [6, 6.07) is 7.47. The molecule has 0 aliphatic rings. The minimum Gasteiger partial charge on any atom is -0.489 e. The molecule has 1 aromatic carbocycles. The topological polar surface area (TPSA) is 87.2 Å². The molecule has 0 fully saturated rings. The Labute approximate surface area is 129 Å². The number of para-hydroxylation sites is 2. The number of hydrogen-bond acceptors (Lipinski definition) is 5. The molecular weight excluding hydrogens is 282 g/mol. The molecule has 1 aromatic heterocycles. The van der Waals surface area contributed by atoms with Crippen LogP contribution in [0.3, 0.4) is 0 Å². The number of hydrogen-bond donors (Lipinski definition) is 3. The molecule has 0 amide bonds. The van der Waals surface area contributed by atoms with Gasteiger partial charge in [0.2, 0.25) is 5.95 Å². The minimum atomic E-state index is -0.244. The van der Waals surface area contributed by atoms with Crippen molar-refractivity contribution in [2.75, 3.05) is 11.9 Å². The summed E-state index contributed by atoms with van der Waals surface area (Å²) in [6.45, 7) is 5.57. The highest BCUT2D eigenvalue weighted by Crippen LogP contribution is 2.26. The molecule has 118 valence electrons. The fourth-order valence-corrected chi connectivity index (χ4v) is 2.13. The van der Waals surface area contributed by atoms with Crippen LogP contribution in [0, 0.1) is 6.92 Å². The molecule has 6 heteroatoms. The van der Waals surface area contributed by atoms with E-state index in [4.69, 9.17) is 9.84 Å². The molecule has 0 spiro atoms. The van der Waals surface area contributed by atoms with Crippen LogP contribution in [0.1, 0.15) is 25.1 Å². The van der Waals surface area contributed by atoms with Crippen molar-refractivity contribution in [1.82, 2.24) is 9.97 Å². The molecule has 6 nitrogen and oxygen atoms in total. The molecule has 0 aliphatic carbocycles. The normalized spacial score (nSPS) is 10.8. The van der Waals surface area contributed by atoms with Crippen LogP contribution in [0.2, 0.25) is 0 Å². The molecule has 1 heterocycles. The summed E-state index contributed by atoms with van der Waals surface area (Å²) < 4.78 is 5.72. The molecule has 0 unspecified atom stereocenters. The number of aliphatic hydroxyl groups excluding tert-OH is 1. The lowest BCUT2D eigenvalue weighted by atomic mass is 10.2. The maximum atomic E-state index is 12.0. The van der Waals surface area contributed by atoms with Gasteiger partial charge in [-0.25, -0.2) is 4.98 Å². The Morgan fingerprint density at radius 2 is 2.09 bits per heavy atom. The van der Waals surface area contributed by atoms with Crippen LogP contribution in [-0.4, -0.2) is 27.8 Å². The van der Waals surface area contributed by atoms with Gasteiger partial charge in [0, 0.05) is 18.6 Å². The van der Waals surface area contributed by atoms with Gasteiger partial charge < -0.3 is 15.2 Å². The molecule has 2 aromatic rings. The maximum Gasteiger partial charge on any atom is 0.255 e. The van der Waals surface area contributed by atoms with Crippen LogP contribution in [-0.2, 0) is 6.42 Å². The third-order valence-corrected chi connectivity index (χ3v) is 3.09. The summed E-state index contributed by atoms with van der Waals surface area (Å²) in [6.07, 6.45) is 0.338. The molecule has 0 radical (unpaired) electrons. The van der Waals surface area contributed by atoms with Gasteiger partial charge in [-0.2, -0.15) is 0 Å². The van der Waals surface area contributed by atoms with Gasteiger partial charge in [-0.15, -0.1) is 0 Å². The van der Waals surface area contributed by atoms with Crippen LogP contribution in [0.5, 0.6) is 5.75 Å². The van der Waals surface area contributed by atoms with Crippen LogP contribution >= 0.6 is 0 Å². The van der Waals surface area contributed by atoms with Crippen molar-refractivity contribution >= 4 is 11.6 Å². The van der Waals surface area contributed by atoms with Crippen LogP contribution in [0.15, 0.2) is 29.1 Å². The van der Waals surface area contributed by atoms with Gasteiger partial charge in [0.1, 0.15) is 5.75 Å². The SMILES string of the molecule is Cc1nc(Nc2ccccc2OC(C)C)[nH]c(=O)c1CCO. The van der Waals surface area contributed by atoms with Gasteiger partial charge in [0.05, 0.1) is 17.5 Å². The molecule has 0 saturated carbocycles. The minimum absolute atomic E-state index is 0.0450. The van der Waals surface area contributed by atoms with E-state index in [2.05, 4.69) is 15.3 Å². The van der Waals surface area contributed by atoms with Gasteiger partial charge in [0.25, 0.3) is 5.56 Å². The Kier molecular flexibility index (Phi) is 5.16. The third-order valence-electron chi connectivity index (χ3n) is 3.09. The number of ether oxygens (including phenoxy) is 1. The van der Waals surface area contributed by atoms with Gasteiger partial charge >= 0.3 is 0 Å². The Balaban J connectivity index is 2.30. The molecular formula is C16H21N3O3. The van der Waals surface area contributed by atoms with Crippen molar-refractivity contribution in [3.05, 3.63) is 45.9 Å². The van der Waals surface area contributed by atoms with Gasteiger partial charge in [-0.3, -0.25) is 9.78 Å². The standard InChI is InChI=1S/C16H21N3O3/c1-10(2)22-14-7-5-4-6-13(14)18-16-17-11(3)12(8-9-20)15(21)19-16/h4-7,10,20H,8-9H2,1-3H3,(H2,17,18,19,21). The second kappa shape index (κ2) is 7.09. The quantitative estimate of drug-likeness (QED) is 0.761. The van der Waals surface area contributed by atoms with Crippen molar-refractivity contribution in [1.29, 1.82) is 0 Å². The van der Waals surface area contributed by atoms with Gasteiger partial charge in [-0.05, 0) is 32.9 Å². The first kappa shape index (κ1) is 16.0. The molecule has 0 bridgehead atoms. The van der Waals surface area contributed by atoms with Crippen LogP contribution in [0.4, 0.5) is 11.6 Å². The van der Waals surface area contributed by atoms with E-state index in [0.29, 0.717) is 29.4 Å². The van der Waals surface area contributed by atoms with E-state index in [1.165, 1.54) is 0 Å². The smallest absolute Gasteiger partial charge is 0.255 e. The predicted molar refractivity (Wildman–Crippen MR) is 85.9 cm³/mol. The first-order valence-corrected chi connectivity index (χ1v) is 7.24. The fourth-order valence-electron chi connectivity index (χ4n) is 2.13. The fraction of sp³-hybridized carbons (Fsp3) is 0.375. The van der Waals surface area contributed by atoms with Crippen molar-refractivity contribution in [2.45, 2.75) is 33.3 Å². The second-order valence-corrected chi connectivity index (χ2v) is 5.24. The summed E-state index contributed by atoms with van der Waals surface area (Å²) in [5.41, 5.74) is 1.59. The van der Waals surface area contributed by atoms with E-state index in [1.807, 2.05) is 38.1 Å². The summed E-state index contributed by atoms with van der Waals surface area (Å²) in [5.74, 6) is 1.04. The first-order chi connectivity index (χ1) is 10.5. The zero-order valence-electron chi connectivity index (χ0n) is 13.0. The second-order valence-electron chi connectivity index (χ2n) is 5.24. The average molecular weight is 303 g/mol. The lowest BCUT2D eigenvalue weighted by Crippen LogP contribution is -2.19. The zero-order chi connectivity index (χ0) is 16.1. The van der Waals surface area contributed by atoms with Crippen molar-refractivity contribution in [3.63, 3.8) is 0 Å². The molecule has 0 aliphatic heterocycles. The maximum absolute atomic E-state index is 12.0. The highest BCUT2D eigenvalue weighted by atomic mass is 16.5. The Morgan fingerprint density at radius 3 is 2.73 bits per heavy atom. The number of nitrogens with zero attached hydrogens (tertiary/aromatic N) is 1. The predicted octanol–water partition coefficient (Wildman–Crippen LogP) is 2.14. The lowest BCUT2D eigenvalue weighted by Gasteiger charge is -2.15. The van der Waals surface area contributed by atoms with E-state index < -0.39 is 0 Å². The summed E-state index contributed by atoms with van der Waals surface area (Å²) >= 11 is 0. The van der Waals surface area contributed by atoms with Gasteiger partial charge in [-0.1, -0.05) is 12.1 Å². The Bertz CT molecular complexity index is 695. The number of nitrogens with one attached hydrogen (secondary N) is 2. The Hall–Kier alpha value is -2.34. The third kappa shape index (κ3) is 3.85. The number of rotatable bonds is 6. The molecule has 0 saturated heterocycles. The number of aromatic nitrogens is 2. The van der Waals surface area contributed by atoms with E-state index in [9.17, 15) is 4.79 Å². The number of aliphatic hydroxyl groups is 1. The number of H-pyrrole nitrogens is 1. The van der Waals surface area contributed by atoms with Crippen molar-refractivity contribution < 1.29 is 9.84 Å². The van der Waals surface area contributed by atoms with Crippen molar-refractivity contribution in [3.8, 4) is 5.75 Å². The van der Waals surface area contributed by atoms with Gasteiger partial charge in [0.15, 0.2) is 0 Å². The number of benzene rings is 1. The zero-order valence-corrected chi connectivity index (χ0v) is 13.0. The van der Waals surface area contributed by atoms with E-state index in [0.717, 1.165) is 5.69 Å². The molecule has 3 N–H and O–H groups in total.